The summed E-state index contributed by atoms with van der Waals surface area (Å²) >= 11 is 24.8. The first kappa shape index (κ1) is 22.0. The van der Waals surface area contributed by atoms with Gasteiger partial charge in [0.15, 0.2) is 0 Å². The van der Waals surface area contributed by atoms with E-state index in [4.69, 9.17) is 51.1 Å². The molecule has 0 saturated carbocycles. The topological polar surface area (TPSA) is 44.1 Å². The van der Waals surface area contributed by atoms with Gasteiger partial charge in [-0.15, -0.1) is 0 Å². The molecule has 2 aromatic carbocycles. The summed E-state index contributed by atoms with van der Waals surface area (Å²) in [5.74, 6) is 0.0691. The number of ketones is 1. The maximum absolute atomic E-state index is 13.3. The van der Waals surface area contributed by atoms with E-state index in [2.05, 4.69) is 5.10 Å². The third-order valence-electron chi connectivity index (χ3n) is 4.56. The smallest absolute Gasteiger partial charge is 0.223 e. The van der Waals surface area contributed by atoms with E-state index in [1.807, 2.05) is 13.8 Å². The molecule has 0 radical (unpaired) electrons. The molecule has 0 fully saturated rings. The Bertz CT molecular complexity index is 1090. The van der Waals surface area contributed by atoms with E-state index in [-0.39, 0.29) is 12.4 Å². The summed E-state index contributed by atoms with van der Waals surface area (Å²) in [6, 6.07) is 6.84. The van der Waals surface area contributed by atoms with E-state index < -0.39 is 0 Å². The molecule has 3 aromatic rings. The Hall–Kier alpha value is -1.72. The lowest BCUT2D eigenvalue weighted by Gasteiger charge is -2.13. The Kier molecular flexibility index (Phi) is 6.79. The number of hydrogen-bond acceptors (Lipinski definition) is 3. The maximum Gasteiger partial charge on any atom is 0.223 e. The molecule has 3 rings (SSSR count). The van der Waals surface area contributed by atoms with E-state index in [1.54, 1.807) is 35.9 Å². The van der Waals surface area contributed by atoms with Gasteiger partial charge in [0.25, 0.3) is 0 Å². The highest BCUT2D eigenvalue weighted by Crippen LogP contribution is 2.34. The number of aromatic nitrogens is 2. The molecule has 0 N–H and O–H groups in total. The zero-order chi connectivity index (χ0) is 21.3. The Morgan fingerprint density at radius 2 is 1.79 bits per heavy atom. The third-order valence-corrected chi connectivity index (χ3v) is 6.22. The van der Waals surface area contributed by atoms with E-state index in [0.29, 0.717) is 49.2 Å². The highest BCUT2D eigenvalue weighted by atomic mass is 35.5. The molecule has 0 bridgehead atoms. The van der Waals surface area contributed by atoms with E-state index in [1.165, 1.54) is 6.20 Å². The highest BCUT2D eigenvalue weighted by Gasteiger charge is 2.24. The van der Waals surface area contributed by atoms with Gasteiger partial charge < -0.3 is 4.74 Å². The van der Waals surface area contributed by atoms with Crippen LogP contribution in [-0.2, 0) is 13.2 Å². The van der Waals surface area contributed by atoms with Crippen LogP contribution in [-0.4, -0.2) is 15.6 Å². The fourth-order valence-corrected chi connectivity index (χ4v) is 3.84. The molecular weight excluding hydrogens is 454 g/mol. The van der Waals surface area contributed by atoms with Crippen molar-refractivity contribution in [1.82, 2.24) is 9.78 Å². The van der Waals surface area contributed by atoms with Gasteiger partial charge in [-0.25, -0.2) is 4.68 Å². The first-order chi connectivity index (χ1) is 13.7. The summed E-state index contributed by atoms with van der Waals surface area (Å²) in [5, 5.41) is 6.16. The highest BCUT2D eigenvalue weighted by molar-refractivity contribution is 6.39. The third kappa shape index (κ3) is 4.41. The van der Waals surface area contributed by atoms with Gasteiger partial charge in [0, 0.05) is 32.7 Å². The summed E-state index contributed by atoms with van der Waals surface area (Å²) < 4.78 is 7.57. The summed E-state index contributed by atoms with van der Waals surface area (Å²) in [6.07, 6.45) is 1.49. The van der Waals surface area contributed by atoms with Crippen molar-refractivity contribution in [2.45, 2.75) is 33.9 Å². The van der Waals surface area contributed by atoms with Gasteiger partial charge in [-0.2, -0.15) is 5.10 Å². The van der Waals surface area contributed by atoms with Crippen LogP contribution in [0.5, 0.6) is 5.88 Å². The molecule has 0 amide bonds. The molecule has 152 valence electrons. The van der Waals surface area contributed by atoms with Crippen LogP contribution in [0.4, 0.5) is 0 Å². The quantitative estimate of drug-likeness (QED) is 0.365. The van der Waals surface area contributed by atoms with Crippen LogP contribution in [0.1, 0.15) is 39.5 Å². The van der Waals surface area contributed by atoms with Crippen molar-refractivity contribution < 1.29 is 9.53 Å². The molecule has 0 unspecified atom stereocenters. The standard InChI is InChI=1S/C21H18Cl4N2O2/c1-4-27-21(29-10-13-5-6-14(22)8-17(13)23)16(9-26-27)20(28)15-7-11(2)18(24)12(3)19(15)25/h5-9H,4,10H2,1-3H3. The van der Waals surface area contributed by atoms with Gasteiger partial charge >= 0.3 is 0 Å². The van der Waals surface area contributed by atoms with Crippen molar-refractivity contribution in [2.75, 3.05) is 0 Å². The Morgan fingerprint density at radius 3 is 2.45 bits per heavy atom. The largest absolute Gasteiger partial charge is 0.472 e. The van der Waals surface area contributed by atoms with Crippen molar-refractivity contribution in [1.29, 1.82) is 0 Å². The number of carbonyl (C=O) groups excluding carboxylic acids is 1. The second-order valence-electron chi connectivity index (χ2n) is 6.53. The lowest BCUT2D eigenvalue weighted by Crippen LogP contribution is -2.09. The second-order valence-corrected chi connectivity index (χ2v) is 8.13. The first-order valence-corrected chi connectivity index (χ1v) is 10.4. The average molecular weight is 472 g/mol. The van der Waals surface area contributed by atoms with Crippen LogP contribution < -0.4 is 4.74 Å². The number of hydrogen-bond donors (Lipinski definition) is 0. The summed E-state index contributed by atoms with van der Waals surface area (Å²) in [4.78, 5) is 13.3. The number of ether oxygens (including phenoxy) is 1. The number of benzene rings is 2. The van der Waals surface area contributed by atoms with Gasteiger partial charge in [0.1, 0.15) is 12.2 Å². The molecule has 1 aromatic heterocycles. The van der Waals surface area contributed by atoms with E-state index in [9.17, 15) is 4.79 Å². The van der Waals surface area contributed by atoms with E-state index in [0.717, 1.165) is 11.1 Å². The van der Waals surface area contributed by atoms with E-state index >= 15 is 0 Å². The molecule has 4 nitrogen and oxygen atoms in total. The number of halogens is 4. The SMILES string of the molecule is CCn1ncc(C(=O)c2cc(C)c(Cl)c(C)c2Cl)c1OCc1ccc(Cl)cc1Cl. The van der Waals surface area contributed by atoms with Crippen LogP contribution in [0, 0.1) is 13.8 Å². The van der Waals surface area contributed by atoms with Gasteiger partial charge in [0.2, 0.25) is 11.7 Å². The molecule has 0 saturated heterocycles. The van der Waals surface area contributed by atoms with Crippen LogP contribution in [0.3, 0.4) is 0 Å². The summed E-state index contributed by atoms with van der Waals surface area (Å²) in [7, 11) is 0. The zero-order valence-electron chi connectivity index (χ0n) is 16.0. The second kappa shape index (κ2) is 8.97. The summed E-state index contributed by atoms with van der Waals surface area (Å²) in [6.45, 7) is 6.21. The predicted molar refractivity (Wildman–Crippen MR) is 118 cm³/mol. The molecule has 0 aliphatic rings. The molecular formula is C21H18Cl4N2O2. The van der Waals surface area contributed by atoms with Gasteiger partial charge in [0.05, 0.1) is 11.2 Å². The zero-order valence-corrected chi connectivity index (χ0v) is 19.0. The van der Waals surface area contributed by atoms with Crippen molar-refractivity contribution in [3.63, 3.8) is 0 Å². The molecule has 0 aliphatic heterocycles. The van der Waals surface area contributed by atoms with Crippen LogP contribution in [0.25, 0.3) is 0 Å². The fourth-order valence-electron chi connectivity index (χ4n) is 2.94. The monoisotopic (exact) mass is 470 g/mol. The summed E-state index contributed by atoms with van der Waals surface area (Å²) in [5.41, 5.74) is 2.86. The van der Waals surface area contributed by atoms with Crippen molar-refractivity contribution >= 4 is 52.2 Å². The van der Waals surface area contributed by atoms with Crippen molar-refractivity contribution in [2.24, 2.45) is 0 Å². The molecule has 8 heteroatoms. The minimum atomic E-state index is -0.283. The normalized spacial score (nSPS) is 11.0. The van der Waals surface area contributed by atoms with Gasteiger partial charge in [-0.3, -0.25) is 4.79 Å². The van der Waals surface area contributed by atoms with Crippen molar-refractivity contribution in [3.8, 4) is 5.88 Å². The first-order valence-electron chi connectivity index (χ1n) is 8.87. The fraction of sp³-hybridized carbons (Fsp3) is 0.238. The number of carbonyl (C=O) groups is 1. The van der Waals surface area contributed by atoms with Gasteiger partial charge in [-0.1, -0.05) is 52.5 Å². The van der Waals surface area contributed by atoms with Gasteiger partial charge in [-0.05, 0) is 50.1 Å². The number of nitrogens with zero attached hydrogens (tertiary/aromatic N) is 2. The maximum atomic E-state index is 13.3. The lowest BCUT2D eigenvalue weighted by molar-refractivity contribution is 0.103. The Labute approximate surface area is 189 Å². The van der Waals surface area contributed by atoms with Crippen LogP contribution >= 0.6 is 46.4 Å². The van der Waals surface area contributed by atoms with Crippen LogP contribution in [0.2, 0.25) is 20.1 Å². The average Bonchev–Trinajstić information content (AvgIpc) is 3.10. The molecule has 0 aliphatic carbocycles. The number of rotatable bonds is 6. The van der Waals surface area contributed by atoms with Crippen LogP contribution in [0.15, 0.2) is 30.5 Å². The lowest BCUT2D eigenvalue weighted by atomic mass is 10.0. The molecule has 0 spiro atoms. The predicted octanol–water partition coefficient (Wildman–Crippen LogP) is 6.94. The minimum Gasteiger partial charge on any atom is -0.472 e. The molecule has 1 heterocycles. The number of aryl methyl sites for hydroxylation is 2. The van der Waals surface area contributed by atoms with Crippen molar-refractivity contribution in [3.05, 3.63) is 78.4 Å². The minimum absolute atomic E-state index is 0.161. The molecule has 0 atom stereocenters. The Balaban J connectivity index is 1.97. The Morgan fingerprint density at radius 1 is 1.07 bits per heavy atom. The molecule has 29 heavy (non-hydrogen) atoms.